The molecule has 10 heteroatoms. The Morgan fingerprint density at radius 1 is 1.26 bits per heavy atom. The molecule has 1 fully saturated rings. The highest BCUT2D eigenvalue weighted by atomic mass is 127. The van der Waals surface area contributed by atoms with E-state index < -0.39 is 5.60 Å². The van der Waals surface area contributed by atoms with Crippen LogP contribution in [0.15, 0.2) is 22.5 Å². The number of ether oxygens (including phenoxy) is 2. The summed E-state index contributed by atoms with van der Waals surface area (Å²) in [5.74, 6) is 0.796. The number of thiophene rings is 1. The van der Waals surface area contributed by atoms with Gasteiger partial charge in [-0.3, -0.25) is 9.89 Å². The Morgan fingerprint density at radius 2 is 1.97 bits per heavy atom. The van der Waals surface area contributed by atoms with Gasteiger partial charge in [-0.25, -0.2) is 4.79 Å². The summed E-state index contributed by atoms with van der Waals surface area (Å²) in [6.45, 7) is 13.8. The van der Waals surface area contributed by atoms with Crippen LogP contribution in [0.1, 0.15) is 45.0 Å². The molecule has 0 saturated carbocycles. The molecule has 0 aromatic carbocycles. The number of hydrogen-bond donors (Lipinski definition) is 3. The number of nitrogens with one attached hydrogen (secondary N) is 3. The second-order valence-electron chi connectivity index (χ2n) is 8.11. The molecule has 0 spiro atoms. The minimum atomic E-state index is -0.479. The maximum absolute atomic E-state index is 11.7. The molecule has 1 atom stereocenters. The molecule has 178 valence electrons. The minimum Gasteiger partial charge on any atom is -0.444 e. The topological polar surface area (TPSA) is 87.2 Å². The maximum atomic E-state index is 11.7. The van der Waals surface area contributed by atoms with Crippen LogP contribution in [-0.4, -0.2) is 75.0 Å². The third-order valence-electron chi connectivity index (χ3n) is 4.44. The average molecular weight is 568 g/mol. The maximum Gasteiger partial charge on any atom is 0.407 e. The van der Waals surface area contributed by atoms with Gasteiger partial charge in [-0.2, -0.15) is 0 Å². The van der Waals surface area contributed by atoms with Crippen molar-refractivity contribution < 1.29 is 14.3 Å². The lowest BCUT2D eigenvalue weighted by molar-refractivity contribution is 0.0186. The van der Waals surface area contributed by atoms with Crippen molar-refractivity contribution in [1.29, 1.82) is 0 Å². The van der Waals surface area contributed by atoms with E-state index in [4.69, 9.17) is 14.5 Å². The lowest BCUT2D eigenvalue weighted by atomic mass is 10.2. The molecule has 1 amide bonds. The average Bonchev–Trinajstić information content (AvgIpc) is 3.21. The number of guanidine groups is 1. The van der Waals surface area contributed by atoms with Gasteiger partial charge in [0.15, 0.2) is 5.96 Å². The lowest BCUT2D eigenvalue weighted by Crippen LogP contribution is -2.42. The van der Waals surface area contributed by atoms with Crippen molar-refractivity contribution >= 4 is 47.4 Å². The van der Waals surface area contributed by atoms with Gasteiger partial charge in [-0.05, 0) is 45.6 Å². The molecule has 1 aliphatic rings. The summed E-state index contributed by atoms with van der Waals surface area (Å²) >= 11 is 1.78. The normalized spacial score (nSPS) is 16.2. The van der Waals surface area contributed by atoms with Gasteiger partial charge in [-0.1, -0.05) is 6.07 Å². The Labute approximate surface area is 207 Å². The molecule has 8 nitrogen and oxygen atoms in total. The molecule has 2 heterocycles. The zero-order valence-electron chi connectivity index (χ0n) is 19.1. The fourth-order valence-corrected chi connectivity index (χ4v) is 3.93. The zero-order chi connectivity index (χ0) is 21.8. The van der Waals surface area contributed by atoms with Crippen LogP contribution in [0.5, 0.6) is 0 Å². The van der Waals surface area contributed by atoms with E-state index in [-0.39, 0.29) is 36.1 Å². The highest BCUT2D eigenvalue weighted by Gasteiger charge is 2.23. The number of carbonyl (C=O) groups is 1. The molecule has 1 aliphatic heterocycles. The Morgan fingerprint density at radius 3 is 2.58 bits per heavy atom. The Bertz CT molecular complexity index is 646. The Hall–Kier alpha value is -1.11. The van der Waals surface area contributed by atoms with E-state index in [0.29, 0.717) is 19.6 Å². The first-order valence-electron chi connectivity index (χ1n) is 10.7. The minimum absolute atomic E-state index is 0. The summed E-state index contributed by atoms with van der Waals surface area (Å²) in [5.41, 5.74) is -0.479. The van der Waals surface area contributed by atoms with Crippen LogP contribution in [0.3, 0.4) is 0 Å². The van der Waals surface area contributed by atoms with E-state index in [9.17, 15) is 4.79 Å². The van der Waals surface area contributed by atoms with Crippen molar-refractivity contribution in [3.8, 4) is 0 Å². The van der Waals surface area contributed by atoms with E-state index in [2.05, 4.69) is 45.3 Å². The van der Waals surface area contributed by atoms with Crippen LogP contribution >= 0.6 is 35.3 Å². The molecule has 0 aliphatic carbocycles. The first-order valence-corrected chi connectivity index (χ1v) is 11.6. The summed E-state index contributed by atoms with van der Waals surface area (Å²) in [5, 5.41) is 11.6. The Kier molecular flexibility index (Phi) is 13.4. The first kappa shape index (κ1) is 27.9. The van der Waals surface area contributed by atoms with Gasteiger partial charge in [0.1, 0.15) is 5.60 Å². The lowest BCUT2D eigenvalue weighted by Gasteiger charge is -2.33. The van der Waals surface area contributed by atoms with E-state index >= 15 is 0 Å². The predicted octanol–water partition coefficient (Wildman–Crippen LogP) is 3.21. The van der Waals surface area contributed by atoms with Crippen LogP contribution < -0.4 is 16.0 Å². The van der Waals surface area contributed by atoms with Crippen molar-refractivity contribution in [3.63, 3.8) is 0 Å². The van der Waals surface area contributed by atoms with Crippen LogP contribution in [0, 0.1) is 0 Å². The number of nitrogens with zero attached hydrogens (tertiary/aromatic N) is 2. The quantitative estimate of drug-likeness (QED) is 0.184. The highest BCUT2D eigenvalue weighted by Crippen LogP contribution is 2.26. The van der Waals surface area contributed by atoms with Gasteiger partial charge in [0.2, 0.25) is 0 Å². The third kappa shape index (κ3) is 11.4. The van der Waals surface area contributed by atoms with Crippen LogP contribution in [0.25, 0.3) is 0 Å². The molecule has 31 heavy (non-hydrogen) atoms. The fourth-order valence-electron chi connectivity index (χ4n) is 3.07. The van der Waals surface area contributed by atoms with Gasteiger partial charge in [0.05, 0.1) is 25.8 Å². The van der Waals surface area contributed by atoms with Gasteiger partial charge in [0.25, 0.3) is 0 Å². The number of alkyl carbamates (subject to hydrolysis) is 1. The standard InChI is InChI=1S/C21H37N5O3S.HI/c1-5-22-19(23-9-7-10-24-20(27)29-21(2,3)4)25-16-17(18-8-6-15-30-18)26-11-13-28-14-12-26;/h6,8,15,17H,5,7,9-14,16H2,1-4H3,(H,24,27)(H2,22,23,25);1H. The van der Waals surface area contributed by atoms with E-state index in [1.165, 1.54) is 4.88 Å². The molecule has 2 rings (SSSR count). The second-order valence-corrected chi connectivity index (χ2v) is 9.09. The van der Waals surface area contributed by atoms with Gasteiger partial charge in [-0.15, -0.1) is 35.3 Å². The number of carbonyl (C=O) groups excluding carboxylic acids is 1. The summed E-state index contributed by atoms with van der Waals surface area (Å²) in [6.07, 6.45) is 0.397. The first-order chi connectivity index (χ1) is 14.4. The van der Waals surface area contributed by atoms with Crippen molar-refractivity contribution in [1.82, 2.24) is 20.9 Å². The summed E-state index contributed by atoms with van der Waals surface area (Å²) in [4.78, 5) is 20.3. The van der Waals surface area contributed by atoms with Crippen molar-refractivity contribution in [2.75, 3.05) is 52.5 Å². The number of rotatable bonds is 9. The Balaban J connectivity index is 0.00000480. The number of morpholine rings is 1. The number of aliphatic imine (C=N–C) groups is 1. The summed E-state index contributed by atoms with van der Waals surface area (Å²) in [7, 11) is 0. The summed E-state index contributed by atoms with van der Waals surface area (Å²) in [6, 6.07) is 4.54. The largest absolute Gasteiger partial charge is 0.444 e. The molecule has 0 bridgehead atoms. The highest BCUT2D eigenvalue weighted by molar-refractivity contribution is 14.0. The van der Waals surface area contributed by atoms with Crippen molar-refractivity contribution in [2.45, 2.75) is 45.8 Å². The molecule has 1 unspecified atom stereocenters. The zero-order valence-corrected chi connectivity index (χ0v) is 22.3. The van der Waals surface area contributed by atoms with Crippen molar-refractivity contribution in [2.24, 2.45) is 4.99 Å². The van der Waals surface area contributed by atoms with E-state index in [1.54, 1.807) is 11.3 Å². The smallest absolute Gasteiger partial charge is 0.407 e. The molecule has 3 N–H and O–H groups in total. The number of hydrogen-bond acceptors (Lipinski definition) is 6. The molecule has 0 radical (unpaired) electrons. The monoisotopic (exact) mass is 567 g/mol. The van der Waals surface area contributed by atoms with Crippen molar-refractivity contribution in [3.05, 3.63) is 22.4 Å². The predicted molar refractivity (Wildman–Crippen MR) is 138 cm³/mol. The van der Waals surface area contributed by atoms with Crippen LogP contribution in [0.2, 0.25) is 0 Å². The fraction of sp³-hybridized carbons (Fsp3) is 0.714. The molecular formula is C21H38IN5O3S. The van der Waals surface area contributed by atoms with Crippen LogP contribution in [0.4, 0.5) is 4.79 Å². The van der Waals surface area contributed by atoms with E-state index in [0.717, 1.165) is 45.2 Å². The number of amides is 1. The second kappa shape index (κ2) is 14.9. The molecule has 1 aromatic rings. The molecule has 1 saturated heterocycles. The number of halogens is 1. The summed E-state index contributed by atoms with van der Waals surface area (Å²) < 4.78 is 10.8. The van der Waals surface area contributed by atoms with Crippen LogP contribution in [-0.2, 0) is 9.47 Å². The molecular weight excluding hydrogens is 529 g/mol. The van der Waals surface area contributed by atoms with E-state index in [1.807, 2.05) is 20.8 Å². The van der Waals surface area contributed by atoms with Gasteiger partial charge in [0, 0.05) is 37.6 Å². The molecule has 1 aromatic heterocycles. The van der Waals surface area contributed by atoms with Gasteiger partial charge >= 0.3 is 6.09 Å². The third-order valence-corrected chi connectivity index (χ3v) is 5.41. The van der Waals surface area contributed by atoms with Gasteiger partial charge < -0.3 is 25.4 Å². The SMILES string of the molecule is CCNC(=NCC(c1cccs1)N1CCOCC1)NCCCNC(=O)OC(C)(C)C.I.